The number of aromatic nitrogens is 2. The molecular weight excluding hydrogens is 248 g/mol. The molecule has 1 saturated carbocycles. The Morgan fingerprint density at radius 3 is 3.00 bits per heavy atom. The molecule has 0 bridgehead atoms. The summed E-state index contributed by atoms with van der Waals surface area (Å²) in [4.78, 5) is 19.1. The summed E-state index contributed by atoms with van der Waals surface area (Å²) >= 11 is 1.55. The minimum Gasteiger partial charge on any atom is -0.368 e. The van der Waals surface area contributed by atoms with Gasteiger partial charge in [-0.3, -0.25) is 4.79 Å². The fraction of sp³-hybridized carbons (Fsp3) is 0.667. The number of nitrogens with zero attached hydrogens (tertiary/aromatic N) is 1. The van der Waals surface area contributed by atoms with Crippen LogP contribution in [0.15, 0.2) is 17.6 Å². The summed E-state index contributed by atoms with van der Waals surface area (Å²) in [5.41, 5.74) is 5.07. The second-order valence-electron chi connectivity index (χ2n) is 4.72. The minimum atomic E-state index is -0.576. The first-order valence-electron chi connectivity index (χ1n) is 6.36. The third kappa shape index (κ3) is 2.87. The van der Waals surface area contributed by atoms with E-state index in [0.717, 1.165) is 31.0 Å². The lowest BCUT2D eigenvalue weighted by molar-refractivity contribution is -0.124. The number of thioether (sulfide) groups is 1. The van der Waals surface area contributed by atoms with Gasteiger partial charge in [0.2, 0.25) is 5.91 Å². The summed E-state index contributed by atoms with van der Waals surface area (Å²) in [7, 11) is 0. The van der Waals surface area contributed by atoms with Crippen molar-refractivity contribution in [2.24, 2.45) is 11.7 Å². The van der Waals surface area contributed by atoms with Crippen LogP contribution in [0.5, 0.6) is 0 Å². The molecule has 5 nitrogen and oxygen atoms in total. The Balaban J connectivity index is 2.04. The molecule has 1 fully saturated rings. The number of rotatable bonds is 8. The maximum Gasteiger partial charge on any atom is 0.238 e. The molecule has 2 rings (SSSR count). The number of primary amides is 1. The molecule has 1 aliphatic carbocycles. The average Bonchev–Trinajstić information content (AvgIpc) is 3.07. The first kappa shape index (κ1) is 13.4. The standard InChI is InChI=1S/C12H20N4OS/c1-2-5-16-12(10(13)17,9-3-4-9)8-18-11-14-6-7-15-11/h6-7,9,16H,2-5,8H2,1H3,(H2,13,17)(H,14,15). The largest absolute Gasteiger partial charge is 0.368 e. The van der Waals surface area contributed by atoms with Crippen LogP contribution >= 0.6 is 11.8 Å². The topological polar surface area (TPSA) is 83.8 Å². The van der Waals surface area contributed by atoms with Crippen molar-refractivity contribution < 1.29 is 4.79 Å². The van der Waals surface area contributed by atoms with Crippen molar-refractivity contribution in [1.29, 1.82) is 0 Å². The number of H-pyrrole nitrogens is 1. The van der Waals surface area contributed by atoms with E-state index >= 15 is 0 Å². The SMILES string of the molecule is CCCNC(CSc1ncc[nH]1)(C(N)=O)C1CC1. The van der Waals surface area contributed by atoms with Crippen molar-refractivity contribution in [3.05, 3.63) is 12.4 Å². The zero-order chi connectivity index (χ0) is 13.0. The van der Waals surface area contributed by atoms with E-state index in [-0.39, 0.29) is 5.91 Å². The highest BCUT2D eigenvalue weighted by atomic mass is 32.2. The highest BCUT2D eigenvalue weighted by Crippen LogP contribution is 2.42. The lowest BCUT2D eigenvalue weighted by Gasteiger charge is -2.31. The van der Waals surface area contributed by atoms with Crippen molar-refractivity contribution in [2.45, 2.75) is 36.9 Å². The number of amides is 1. The Bertz CT molecular complexity index is 391. The molecule has 0 aliphatic heterocycles. The van der Waals surface area contributed by atoms with Crippen LogP contribution in [0.3, 0.4) is 0 Å². The molecule has 1 aliphatic rings. The molecule has 4 N–H and O–H groups in total. The second-order valence-corrected chi connectivity index (χ2v) is 5.68. The van der Waals surface area contributed by atoms with E-state index in [1.165, 1.54) is 0 Å². The molecule has 0 radical (unpaired) electrons. The van der Waals surface area contributed by atoms with E-state index in [4.69, 9.17) is 5.73 Å². The molecule has 1 aromatic rings. The van der Waals surface area contributed by atoms with E-state index in [2.05, 4.69) is 22.2 Å². The van der Waals surface area contributed by atoms with Crippen LogP contribution in [0.25, 0.3) is 0 Å². The Morgan fingerprint density at radius 2 is 2.50 bits per heavy atom. The molecule has 0 saturated heterocycles. The minimum absolute atomic E-state index is 0.238. The Morgan fingerprint density at radius 1 is 1.72 bits per heavy atom. The molecule has 1 aromatic heterocycles. The van der Waals surface area contributed by atoms with Gasteiger partial charge in [-0.05, 0) is 31.7 Å². The number of imidazole rings is 1. The van der Waals surface area contributed by atoms with Crippen LogP contribution in [0.2, 0.25) is 0 Å². The van der Waals surface area contributed by atoms with Gasteiger partial charge < -0.3 is 16.0 Å². The molecular formula is C12H20N4OS. The molecule has 1 heterocycles. The summed E-state index contributed by atoms with van der Waals surface area (Å²) < 4.78 is 0. The van der Waals surface area contributed by atoms with E-state index in [1.54, 1.807) is 24.2 Å². The summed E-state index contributed by atoms with van der Waals surface area (Å²) in [6.07, 6.45) is 6.65. The Kier molecular flexibility index (Phi) is 4.29. The summed E-state index contributed by atoms with van der Waals surface area (Å²) in [5, 5.41) is 4.20. The van der Waals surface area contributed by atoms with Gasteiger partial charge in [0.1, 0.15) is 5.54 Å². The molecule has 100 valence electrons. The van der Waals surface area contributed by atoms with Gasteiger partial charge in [0, 0.05) is 18.1 Å². The Hall–Kier alpha value is -1.01. The fourth-order valence-electron chi connectivity index (χ4n) is 2.11. The van der Waals surface area contributed by atoms with Crippen LogP contribution in [0.1, 0.15) is 26.2 Å². The molecule has 1 atom stereocenters. The monoisotopic (exact) mass is 268 g/mol. The number of carbonyl (C=O) groups excluding carboxylic acids is 1. The smallest absolute Gasteiger partial charge is 0.238 e. The van der Waals surface area contributed by atoms with Crippen LogP contribution in [0.4, 0.5) is 0 Å². The number of carbonyl (C=O) groups is 1. The summed E-state index contributed by atoms with van der Waals surface area (Å²) in [6.45, 7) is 2.91. The second kappa shape index (κ2) is 5.75. The van der Waals surface area contributed by atoms with E-state index < -0.39 is 5.54 Å². The van der Waals surface area contributed by atoms with Gasteiger partial charge in [-0.25, -0.2) is 4.98 Å². The molecule has 6 heteroatoms. The van der Waals surface area contributed by atoms with E-state index in [0.29, 0.717) is 11.7 Å². The molecule has 1 amide bonds. The maximum atomic E-state index is 11.9. The van der Waals surface area contributed by atoms with Gasteiger partial charge in [-0.15, -0.1) is 0 Å². The third-order valence-corrected chi connectivity index (χ3v) is 4.41. The zero-order valence-electron chi connectivity index (χ0n) is 10.6. The highest BCUT2D eigenvalue weighted by molar-refractivity contribution is 7.99. The van der Waals surface area contributed by atoms with Gasteiger partial charge in [0.25, 0.3) is 0 Å². The highest BCUT2D eigenvalue weighted by Gasteiger charge is 2.49. The predicted molar refractivity (Wildman–Crippen MR) is 72.3 cm³/mol. The first-order chi connectivity index (χ1) is 8.69. The maximum absolute atomic E-state index is 11.9. The normalized spacial score (nSPS) is 18.5. The lowest BCUT2D eigenvalue weighted by atomic mass is 9.94. The molecule has 0 aromatic carbocycles. The quantitative estimate of drug-likeness (QED) is 0.617. The summed E-state index contributed by atoms with van der Waals surface area (Å²) in [5.74, 6) is 0.780. The Labute approximate surface area is 111 Å². The number of nitrogens with one attached hydrogen (secondary N) is 2. The van der Waals surface area contributed by atoms with Gasteiger partial charge in [-0.2, -0.15) is 0 Å². The number of nitrogens with two attached hydrogens (primary N) is 1. The molecule has 1 unspecified atom stereocenters. The van der Waals surface area contributed by atoms with Crippen LogP contribution in [0, 0.1) is 5.92 Å². The van der Waals surface area contributed by atoms with E-state index in [9.17, 15) is 4.79 Å². The van der Waals surface area contributed by atoms with Crippen molar-refractivity contribution in [1.82, 2.24) is 15.3 Å². The lowest BCUT2D eigenvalue weighted by Crippen LogP contribution is -2.59. The van der Waals surface area contributed by atoms with Crippen molar-refractivity contribution in [2.75, 3.05) is 12.3 Å². The molecule has 0 spiro atoms. The van der Waals surface area contributed by atoms with Crippen LogP contribution < -0.4 is 11.1 Å². The average molecular weight is 268 g/mol. The number of hydrogen-bond acceptors (Lipinski definition) is 4. The van der Waals surface area contributed by atoms with Crippen LogP contribution in [-0.4, -0.2) is 33.7 Å². The fourth-order valence-corrected chi connectivity index (χ4v) is 3.24. The molecule has 18 heavy (non-hydrogen) atoms. The van der Waals surface area contributed by atoms with E-state index in [1.807, 2.05) is 0 Å². The predicted octanol–water partition coefficient (Wildman–Crippen LogP) is 1.14. The van der Waals surface area contributed by atoms with Gasteiger partial charge in [0.05, 0.1) is 0 Å². The van der Waals surface area contributed by atoms with Gasteiger partial charge in [0.15, 0.2) is 5.16 Å². The zero-order valence-corrected chi connectivity index (χ0v) is 11.4. The van der Waals surface area contributed by atoms with Gasteiger partial charge >= 0.3 is 0 Å². The third-order valence-electron chi connectivity index (χ3n) is 3.31. The summed E-state index contributed by atoms with van der Waals surface area (Å²) in [6, 6.07) is 0. The first-order valence-corrected chi connectivity index (χ1v) is 7.34. The van der Waals surface area contributed by atoms with Gasteiger partial charge in [-0.1, -0.05) is 18.7 Å². The van der Waals surface area contributed by atoms with Crippen LogP contribution in [-0.2, 0) is 4.79 Å². The van der Waals surface area contributed by atoms with Crippen molar-refractivity contribution in [3.63, 3.8) is 0 Å². The number of aromatic amines is 1. The number of hydrogen-bond donors (Lipinski definition) is 3. The van der Waals surface area contributed by atoms with Crippen molar-refractivity contribution >= 4 is 17.7 Å². The van der Waals surface area contributed by atoms with Crippen molar-refractivity contribution in [3.8, 4) is 0 Å².